The predicted octanol–water partition coefficient (Wildman–Crippen LogP) is -2.59. The Morgan fingerprint density at radius 2 is 1.82 bits per heavy atom. The van der Waals surface area contributed by atoms with Gasteiger partial charge in [0.15, 0.2) is 5.54 Å². The normalized spacial score (nSPS) is 21.5. The van der Waals surface area contributed by atoms with E-state index >= 15 is 0 Å². The predicted molar refractivity (Wildman–Crippen MR) is 39.3 cm³/mol. The molecule has 0 spiro atoms. The van der Waals surface area contributed by atoms with Gasteiger partial charge in [-0.1, -0.05) is 6.42 Å². The zero-order valence-electron chi connectivity index (χ0n) is 6.94. The molecular weight excluding hydrogens is 160 g/mol. The molecule has 2 N–H and O–H groups in total. The van der Waals surface area contributed by atoms with Crippen molar-refractivity contribution in [2.75, 3.05) is 7.05 Å². The van der Waals surface area contributed by atoms with Gasteiger partial charge in [0.1, 0.15) is 6.07 Å². The number of hydrogen-bond acceptors (Lipinski definition) is 1. The van der Waals surface area contributed by atoms with Crippen LogP contribution in [0.15, 0.2) is 0 Å². The number of quaternary nitrogens is 1. The molecule has 0 aromatic heterocycles. The van der Waals surface area contributed by atoms with Crippen molar-refractivity contribution in [3.05, 3.63) is 0 Å². The van der Waals surface area contributed by atoms with Crippen LogP contribution < -0.4 is 17.7 Å². The molecule has 0 atom stereocenters. The summed E-state index contributed by atoms with van der Waals surface area (Å²) < 4.78 is 0. The first-order chi connectivity index (χ1) is 4.83. The highest BCUT2D eigenvalue weighted by Gasteiger charge is 2.33. The molecule has 0 radical (unpaired) electrons. The van der Waals surface area contributed by atoms with E-state index in [9.17, 15) is 0 Å². The van der Waals surface area contributed by atoms with Gasteiger partial charge in [-0.2, -0.15) is 5.26 Å². The van der Waals surface area contributed by atoms with Crippen LogP contribution in [-0.4, -0.2) is 12.6 Å². The Bertz CT molecular complexity index is 145. The summed E-state index contributed by atoms with van der Waals surface area (Å²) in [6, 6.07) is 2.41. The summed E-state index contributed by atoms with van der Waals surface area (Å²) in [7, 11) is 2.01. The Balaban J connectivity index is 0.000001000. The molecule has 0 aromatic carbocycles. The Morgan fingerprint density at radius 1 is 1.27 bits per heavy atom. The minimum absolute atomic E-state index is 0. The van der Waals surface area contributed by atoms with Crippen molar-refractivity contribution in [1.82, 2.24) is 0 Å². The summed E-state index contributed by atoms with van der Waals surface area (Å²) in [6.45, 7) is 0. The lowest BCUT2D eigenvalue weighted by Gasteiger charge is -2.26. The molecule has 0 heterocycles. The monoisotopic (exact) mass is 174 g/mol. The van der Waals surface area contributed by atoms with Gasteiger partial charge in [-0.25, -0.2) is 0 Å². The van der Waals surface area contributed by atoms with Crippen molar-refractivity contribution in [2.24, 2.45) is 0 Å². The van der Waals surface area contributed by atoms with Gasteiger partial charge in [-0.3, -0.25) is 0 Å². The quantitative estimate of drug-likeness (QED) is 0.466. The molecule has 1 rings (SSSR count). The van der Waals surface area contributed by atoms with Gasteiger partial charge in [-0.05, 0) is 12.8 Å². The number of nitrogens with two attached hydrogens (primary N) is 1. The van der Waals surface area contributed by atoms with E-state index in [-0.39, 0.29) is 17.9 Å². The maximum absolute atomic E-state index is 8.86. The third kappa shape index (κ3) is 2.36. The highest BCUT2D eigenvalue weighted by atomic mass is 35.5. The highest BCUT2D eigenvalue weighted by molar-refractivity contribution is 5.00. The van der Waals surface area contributed by atoms with Crippen molar-refractivity contribution in [3.63, 3.8) is 0 Å². The summed E-state index contributed by atoms with van der Waals surface area (Å²) in [5, 5.41) is 10.9. The average Bonchev–Trinajstić information content (AvgIpc) is 2.06. The fourth-order valence-electron chi connectivity index (χ4n) is 1.65. The minimum atomic E-state index is -0.0573. The summed E-state index contributed by atoms with van der Waals surface area (Å²) in [5.74, 6) is 0. The van der Waals surface area contributed by atoms with E-state index < -0.39 is 0 Å². The lowest BCUT2D eigenvalue weighted by molar-refractivity contribution is -0.692. The second-order valence-electron chi connectivity index (χ2n) is 3.12. The number of rotatable bonds is 1. The summed E-state index contributed by atoms with van der Waals surface area (Å²) >= 11 is 0. The molecule has 1 aliphatic rings. The lowest BCUT2D eigenvalue weighted by atomic mass is 9.83. The second-order valence-corrected chi connectivity index (χ2v) is 3.12. The van der Waals surface area contributed by atoms with Crippen LogP contribution in [0.5, 0.6) is 0 Å². The molecule has 2 nitrogen and oxygen atoms in total. The van der Waals surface area contributed by atoms with Crippen LogP contribution in [0.2, 0.25) is 0 Å². The van der Waals surface area contributed by atoms with Crippen LogP contribution in [0, 0.1) is 11.3 Å². The fourth-order valence-corrected chi connectivity index (χ4v) is 1.65. The average molecular weight is 175 g/mol. The maximum Gasteiger partial charge on any atom is 0.182 e. The molecule has 1 aliphatic carbocycles. The van der Waals surface area contributed by atoms with Crippen molar-refractivity contribution >= 4 is 0 Å². The Morgan fingerprint density at radius 3 is 2.09 bits per heavy atom. The van der Waals surface area contributed by atoms with E-state index in [2.05, 4.69) is 11.4 Å². The first-order valence-corrected chi connectivity index (χ1v) is 4.05. The largest absolute Gasteiger partial charge is 1.00 e. The number of hydrogen-bond donors (Lipinski definition) is 1. The first-order valence-electron chi connectivity index (χ1n) is 4.05. The van der Waals surface area contributed by atoms with E-state index in [1.807, 2.05) is 7.05 Å². The number of nitrogens with zero attached hydrogens (tertiary/aromatic N) is 1. The topological polar surface area (TPSA) is 40.4 Å². The van der Waals surface area contributed by atoms with Crippen LogP contribution in [0.4, 0.5) is 0 Å². The molecule has 0 aliphatic heterocycles. The molecule has 1 saturated carbocycles. The molecule has 64 valence electrons. The molecule has 1 fully saturated rings. The summed E-state index contributed by atoms with van der Waals surface area (Å²) in [4.78, 5) is 0. The fraction of sp³-hybridized carbons (Fsp3) is 0.875. The van der Waals surface area contributed by atoms with Crippen LogP contribution in [-0.2, 0) is 0 Å². The van der Waals surface area contributed by atoms with Gasteiger partial charge in [0.25, 0.3) is 0 Å². The summed E-state index contributed by atoms with van der Waals surface area (Å²) in [5.41, 5.74) is -0.0573. The minimum Gasteiger partial charge on any atom is -1.00 e. The van der Waals surface area contributed by atoms with Gasteiger partial charge in [0.05, 0.1) is 7.05 Å². The second kappa shape index (κ2) is 4.58. The summed E-state index contributed by atoms with van der Waals surface area (Å²) in [6.07, 6.45) is 5.95. The smallest absolute Gasteiger partial charge is 0.182 e. The van der Waals surface area contributed by atoms with Gasteiger partial charge in [0, 0.05) is 12.8 Å². The van der Waals surface area contributed by atoms with E-state index in [4.69, 9.17) is 5.26 Å². The van der Waals surface area contributed by atoms with E-state index in [0.717, 1.165) is 12.8 Å². The molecule has 11 heavy (non-hydrogen) atoms. The molecule has 3 heteroatoms. The zero-order valence-corrected chi connectivity index (χ0v) is 7.69. The van der Waals surface area contributed by atoms with E-state index in [1.54, 1.807) is 0 Å². The SMILES string of the molecule is C[NH2+]C1(C#N)CCCCC1.[Cl-]. The third-order valence-electron chi connectivity index (χ3n) is 2.52. The zero-order chi connectivity index (χ0) is 7.45. The Kier molecular flexibility index (Phi) is 4.48. The van der Waals surface area contributed by atoms with E-state index in [1.165, 1.54) is 19.3 Å². The van der Waals surface area contributed by atoms with Crippen molar-refractivity contribution in [1.29, 1.82) is 5.26 Å². The first kappa shape index (κ1) is 10.7. The molecule has 0 bridgehead atoms. The van der Waals surface area contributed by atoms with Crippen LogP contribution in [0.25, 0.3) is 0 Å². The van der Waals surface area contributed by atoms with Gasteiger partial charge >= 0.3 is 0 Å². The van der Waals surface area contributed by atoms with Crippen LogP contribution in [0.1, 0.15) is 32.1 Å². The van der Waals surface area contributed by atoms with Crippen LogP contribution >= 0.6 is 0 Å². The number of nitriles is 1. The van der Waals surface area contributed by atoms with Gasteiger partial charge in [-0.15, -0.1) is 0 Å². The molecular formula is C8H15ClN2. The highest BCUT2D eigenvalue weighted by Crippen LogP contribution is 2.23. The molecule has 0 aromatic rings. The van der Waals surface area contributed by atoms with Crippen molar-refractivity contribution in [3.8, 4) is 6.07 Å². The Labute approximate surface area is 74.4 Å². The number of halogens is 1. The maximum atomic E-state index is 8.86. The van der Waals surface area contributed by atoms with Crippen molar-refractivity contribution < 1.29 is 17.7 Å². The van der Waals surface area contributed by atoms with Crippen LogP contribution in [0.3, 0.4) is 0 Å². The lowest BCUT2D eigenvalue weighted by Crippen LogP contribution is -3.00. The molecule has 0 saturated heterocycles. The van der Waals surface area contributed by atoms with Gasteiger partial charge < -0.3 is 17.7 Å². The third-order valence-corrected chi connectivity index (χ3v) is 2.52. The molecule has 0 unspecified atom stereocenters. The Hall–Kier alpha value is -0.260. The standard InChI is InChI=1S/C8H14N2.ClH/c1-10-8(7-9)5-3-2-4-6-8;/h10H,2-6H2,1H3;1H. The molecule has 0 amide bonds. The van der Waals surface area contributed by atoms with Crippen molar-refractivity contribution in [2.45, 2.75) is 37.6 Å². The van der Waals surface area contributed by atoms with Gasteiger partial charge in [0.2, 0.25) is 0 Å². The van der Waals surface area contributed by atoms with E-state index in [0.29, 0.717) is 0 Å².